The molecular formula is C17H8Br2N4. The molecule has 0 unspecified atom stereocenters. The average molecular weight is 428 g/mol. The van der Waals surface area contributed by atoms with Gasteiger partial charge in [0.05, 0.1) is 11.0 Å². The van der Waals surface area contributed by atoms with Gasteiger partial charge in [0, 0.05) is 32.1 Å². The highest BCUT2D eigenvalue weighted by Crippen LogP contribution is 2.34. The molecule has 0 aliphatic rings. The first-order valence-corrected chi connectivity index (χ1v) is 8.61. The zero-order valence-electron chi connectivity index (χ0n) is 11.7. The fraction of sp³-hybridized carbons (Fsp3) is 0. The van der Waals surface area contributed by atoms with Crippen molar-refractivity contribution in [2.75, 3.05) is 0 Å². The Morgan fingerprint density at radius 3 is 2.39 bits per heavy atom. The van der Waals surface area contributed by atoms with E-state index in [1.807, 2.05) is 18.2 Å². The van der Waals surface area contributed by atoms with Crippen molar-refractivity contribution in [2.45, 2.75) is 0 Å². The summed E-state index contributed by atoms with van der Waals surface area (Å²) in [5.41, 5.74) is 4.58. The molecule has 110 valence electrons. The molecule has 0 saturated heterocycles. The van der Waals surface area contributed by atoms with Crippen molar-refractivity contribution in [1.29, 1.82) is 0 Å². The van der Waals surface area contributed by atoms with Crippen molar-refractivity contribution in [2.24, 2.45) is 0 Å². The molecule has 0 aliphatic heterocycles. The van der Waals surface area contributed by atoms with Gasteiger partial charge in [-0.2, -0.15) is 0 Å². The van der Waals surface area contributed by atoms with Gasteiger partial charge in [0.25, 0.3) is 0 Å². The van der Waals surface area contributed by atoms with Gasteiger partial charge >= 0.3 is 0 Å². The lowest BCUT2D eigenvalue weighted by Crippen LogP contribution is -1.94. The highest BCUT2D eigenvalue weighted by Gasteiger charge is 2.16. The van der Waals surface area contributed by atoms with Gasteiger partial charge < -0.3 is 0 Å². The lowest BCUT2D eigenvalue weighted by atomic mass is 10.2. The van der Waals surface area contributed by atoms with Crippen LogP contribution in [0.2, 0.25) is 0 Å². The van der Waals surface area contributed by atoms with Gasteiger partial charge in [0.2, 0.25) is 0 Å². The van der Waals surface area contributed by atoms with Crippen molar-refractivity contribution in [1.82, 2.24) is 19.4 Å². The Balaban J connectivity index is 2.22. The highest BCUT2D eigenvalue weighted by atomic mass is 79.9. The number of benzene rings is 1. The first-order chi connectivity index (χ1) is 11.2. The summed E-state index contributed by atoms with van der Waals surface area (Å²) in [5, 5.41) is 2.04. The molecule has 0 spiro atoms. The van der Waals surface area contributed by atoms with E-state index in [-0.39, 0.29) is 0 Å². The van der Waals surface area contributed by atoms with E-state index >= 15 is 0 Å². The van der Waals surface area contributed by atoms with Crippen LogP contribution in [0.1, 0.15) is 0 Å². The summed E-state index contributed by atoms with van der Waals surface area (Å²) in [4.78, 5) is 14.0. The van der Waals surface area contributed by atoms with Gasteiger partial charge in [-0.3, -0.25) is 9.38 Å². The minimum Gasteiger partial charge on any atom is -0.276 e. The van der Waals surface area contributed by atoms with Crippen LogP contribution in [0.25, 0.3) is 38.6 Å². The zero-order chi connectivity index (χ0) is 15.6. The summed E-state index contributed by atoms with van der Waals surface area (Å²) < 4.78 is 4.05. The number of hydrogen-bond acceptors (Lipinski definition) is 3. The minimum atomic E-state index is 0.862. The third-order valence-corrected chi connectivity index (χ3v) is 5.04. The Labute approximate surface area is 147 Å². The van der Waals surface area contributed by atoms with Crippen LogP contribution in [0.3, 0.4) is 0 Å². The van der Waals surface area contributed by atoms with Crippen LogP contribution in [0.5, 0.6) is 0 Å². The summed E-state index contributed by atoms with van der Waals surface area (Å²) in [5.74, 6) is 0. The molecular weight excluding hydrogens is 420 g/mol. The number of rotatable bonds is 0. The number of imidazole rings is 1. The Bertz CT molecular complexity index is 1240. The maximum atomic E-state index is 4.85. The van der Waals surface area contributed by atoms with Crippen LogP contribution < -0.4 is 0 Å². The molecule has 0 fully saturated rings. The number of fused-ring (bicyclic) bond motifs is 8. The maximum absolute atomic E-state index is 4.85. The van der Waals surface area contributed by atoms with Gasteiger partial charge in [0.1, 0.15) is 16.8 Å². The van der Waals surface area contributed by atoms with Gasteiger partial charge in [-0.15, -0.1) is 0 Å². The highest BCUT2D eigenvalue weighted by molar-refractivity contribution is 9.11. The Morgan fingerprint density at radius 1 is 0.826 bits per heavy atom. The lowest BCUT2D eigenvalue weighted by molar-refractivity contribution is 1.23. The van der Waals surface area contributed by atoms with Crippen LogP contribution in [-0.2, 0) is 0 Å². The Morgan fingerprint density at radius 2 is 1.57 bits per heavy atom. The lowest BCUT2D eigenvalue weighted by Gasteiger charge is -2.06. The van der Waals surface area contributed by atoms with Gasteiger partial charge in [0.15, 0.2) is 0 Å². The third-order valence-electron chi connectivity index (χ3n) is 3.98. The number of halogens is 2. The second-order valence-electron chi connectivity index (χ2n) is 5.30. The molecule has 0 saturated carbocycles. The summed E-state index contributed by atoms with van der Waals surface area (Å²) in [6.45, 7) is 0. The predicted octanol–water partition coefficient (Wildman–Crippen LogP) is 5.11. The topological polar surface area (TPSA) is 43.1 Å². The maximum Gasteiger partial charge on any atom is 0.149 e. The van der Waals surface area contributed by atoms with Gasteiger partial charge in [-0.25, -0.2) is 9.97 Å². The molecule has 0 bridgehead atoms. The fourth-order valence-corrected chi connectivity index (χ4v) is 4.35. The molecule has 4 nitrogen and oxygen atoms in total. The smallest absolute Gasteiger partial charge is 0.149 e. The van der Waals surface area contributed by atoms with Crippen LogP contribution in [0.15, 0.2) is 57.7 Å². The monoisotopic (exact) mass is 426 g/mol. The van der Waals surface area contributed by atoms with Gasteiger partial charge in [-0.1, -0.05) is 15.9 Å². The van der Waals surface area contributed by atoms with E-state index in [1.54, 1.807) is 12.4 Å². The summed E-state index contributed by atoms with van der Waals surface area (Å²) >= 11 is 7.18. The van der Waals surface area contributed by atoms with Crippen LogP contribution in [-0.4, -0.2) is 19.4 Å². The molecule has 0 atom stereocenters. The Kier molecular flexibility index (Phi) is 2.75. The molecule has 0 radical (unpaired) electrons. The van der Waals surface area contributed by atoms with Crippen molar-refractivity contribution >= 4 is 70.5 Å². The number of aromatic nitrogens is 4. The van der Waals surface area contributed by atoms with E-state index in [1.165, 1.54) is 0 Å². The minimum absolute atomic E-state index is 0.862. The molecule has 23 heavy (non-hydrogen) atoms. The second-order valence-corrected chi connectivity index (χ2v) is 7.07. The second kappa shape index (κ2) is 4.72. The quantitative estimate of drug-likeness (QED) is 0.322. The van der Waals surface area contributed by atoms with Crippen molar-refractivity contribution in [3.63, 3.8) is 0 Å². The van der Waals surface area contributed by atoms with E-state index in [0.29, 0.717) is 0 Å². The zero-order valence-corrected chi connectivity index (χ0v) is 14.8. The largest absolute Gasteiger partial charge is 0.276 e. The van der Waals surface area contributed by atoms with E-state index in [9.17, 15) is 0 Å². The third kappa shape index (κ3) is 1.79. The standard InChI is InChI=1S/C17H8Br2N4/c18-9-7-12(19)15-13(8-9)23-16-10(3-2-6-21-16)14-11(17(23)22-15)4-1-5-20-14/h1-8H. The normalized spacial score (nSPS) is 11.9. The summed E-state index contributed by atoms with van der Waals surface area (Å²) in [6, 6.07) is 12.1. The number of hydrogen-bond donors (Lipinski definition) is 0. The predicted molar refractivity (Wildman–Crippen MR) is 98.7 cm³/mol. The van der Waals surface area contributed by atoms with Crippen molar-refractivity contribution in [3.8, 4) is 0 Å². The average Bonchev–Trinajstić information content (AvgIpc) is 2.95. The molecule has 0 aliphatic carbocycles. The molecule has 4 aromatic heterocycles. The van der Waals surface area contributed by atoms with E-state index in [4.69, 9.17) is 4.98 Å². The van der Waals surface area contributed by atoms with Gasteiger partial charge in [-0.05, 0) is 52.3 Å². The number of nitrogens with zero attached hydrogens (tertiary/aromatic N) is 4. The first kappa shape index (κ1) is 13.4. The molecule has 5 rings (SSSR count). The van der Waals surface area contributed by atoms with Crippen LogP contribution in [0, 0.1) is 0 Å². The Hall–Kier alpha value is -2.05. The van der Waals surface area contributed by atoms with Crippen molar-refractivity contribution < 1.29 is 0 Å². The summed E-state index contributed by atoms with van der Waals surface area (Å²) in [7, 11) is 0. The molecule has 0 N–H and O–H groups in total. The van der Waals surface area contributed by atoms with E-state index < -0.39 is 0 Å². The number of pyridine rings is 3. The van der Waals surface area contributed by atoms with Crippen molar-refractivity contribution in [3.05, 3.63) is 57.7 Å². The first-order valence-electron chi connectivity index (χ1n) is 7.02. The fourth-order valence-electron chi connectivity index (χ4n) is 3.06. The molecule has 1 aromatic carbocycles. The molecule has 6 heteroatoms. The SMILES string of the molecule is Brc1cc(Br)c2nc3c4cccnc4c4cccnc4n3c2c1. The van der Waals surface area contributed by atoms with Crippen LogP contribution in [0.4, 0.5) is 0 Å². The van der Waals surface area contributed by atoms with E-state index in [2.05, 4.69) is 64.4 Å². The molecule has 4 heterocycles. The summed E-state index contributed by atoms with van der Waals surface area (Å²) in [6.07, 6.45) is 3.61. The molecule has 5 aromatic rings. The van der Waals surface area contributed by atoms with E-state index in [0.717, 1.165) is 47.6 Å². The van der Waals surface area contributed by atoms with Crippen LogP contribution >= 0.6 is 31.9 Å². The molecule has 0 amide bonds.